The number of benzene rings is 4. The van der Waals surface area contributed by atoms with Gasteiger partial charge in [-0.1, -0.05) is 6.07 Å². The van der Waals surface area contributed by atoms with E-state index in [-0.39, 0.29) is 28.0 Å². The van der Waals surface area contributed by atoms with Crippen LogP contribution in [0, 0.1) is 6.92 Å². The first kappa shape index (κ1) is 29.0. The van der Waals surface area contributed by atoms with Gasteiger partial charge >= 0.3 is 5.97 Å². The number of rotatable bonds is 7. The number of carbonyl (C=O) groups is 1. The minimum Gasteiger partial charge on any atom is -0.506 e. The van der Waals surface area contributed by atoms with Gasteiger partial charge in [-0.3, -0.25) is 9.11 Å². The third-order valence-corrected chi connectivity index (χ3v) is 7.51. The molecule has 0 unspecified atom stereocenters. The molecular formula is C24H19N5O10S2. The molecule has 0 aliphatic heterocycles. The predicted molar refractivity (Wildman–Crippen MR) is 144 cm³/mol. The molecule has 17 heteroatoms. The molecule has 15 nitrogen and oxygen atoms in total. The van der Waals surface area contributed by atoms with Gasteiger partial charge in [0.05, 0.1) is 28.0 Å². The smallest absolute Gasteiger partial charge is 0.335 e. The number of hydrogen-bond donors (Lipinski definition) is 6. The summed E-state index contributed by atoms with van der Waals surface area (Å²) >= 11 is 0. The molecule has 0 aliphatic rings. The monoisotopic (exact) mass is 601 g/mol. The van der Waals surface area contributed by atoms with Crippen molar-refractivity contribution in [3.63, 3.8) is 0 Å². The zero-order chi connectivity index (χ0) is 30.3. The summed E-state index contributed by atoms with van der Waals surface area (Å²) in [6.45, 7) is 1.63. The van der Waals surface area contributed by atoms with Crippen molar-refractivity contribution in [3.05, 3.63) is 65.7 Å². The van der Waals surface area contributed by atoms with E-state index in [1.54, 1.807) is 6.92 Å². The molecule has 0 atom stereocenters. The van der Waals surface area contributed by atoms with Gasteiger partial charge in [-0.15, -0.1) is 10.2 Å². The Morgan fingerprint density at radius 3 is 1.93 bits per heavy atom. The molecular weight excluding hydrogens is 582 g/mol. The lowest BCUT2D eigenvalue weighted by molar-refractivity contribution is 0.0696. The van der Waals surface area contributed by atoms with Crippen molar-refractivity contribution >= 4 is 65.4 Å². The number of nitrogens with zero attached hydrogens (tertiary/aromatic N) is 4. The van der Waals surface area contributed by atoms with E-state index in [1.807, 2.05) is 0 Å². The molecule has 0 amide bonds. The molecule has 0 bridgehead atoms. The molecule has 0 aliphatic carbocycles. The molecule has 4 aromatic carbocycles. The lowest BCUT2D eigenvalue weighted by atomic mass is 10.1. The number of carboxylic acid groups (broad SMARTS) is 1. The highest BCUT2D eigenvalue weighted by Crippen LogP contribution is 2.44. The van der Waals surface area contributed by atoms with Gasteiger partial charge in [-0.2, -0.15) is 27.1 Å². The van der Waals surface area contributed by atoms with Crippen molar-refractivity contribution in [1.82, 2.24) is 0 Å². The van der Waals surface area contributed by atoms with Crippen LogP contribution in [-0.2, 0) is 20.2 Å². The van der Waals surface area contributed by atoms with Crippen LogP contribution in [0.4, 0.5) is 28.4 Å². The molecule has 0 saturated carbocycles. The number of nitrogen functional groups attached to an aromatic ring is 1. The minimum absolute atomic E-state index is 0.0744. The first-order chi connectivity index (χ1) is 19.1. The largest absolute Gasteiger partial charge is 0.506 e. The Morgan fingerprint density at radius 2 is 1.34 bits per heavy atom. The van der Waals surface area contributed by atoms with Gasteiger partial charge in [0.1, 0.15) is 26.9 Å². The SMILES string of the molecule is Cc1cc(N=Nc2ccc3c(S(=O)(=O)O)cc(S(=O)(=O)O)c(N)c3c2O)c(O)cc1N=Nc1ccc(C(=O)O)cc1. The molecule has 7 N–H and O–H groups in total. The van der Waals surface area contributed by atoms with E-state index >= 15 is 0 Å². The Balaban J connectivity index is 1.73. The van der Waals surface area contributed by atoms with Crippen molar-refractivity contribution in [1.29, 1.82) is 0 Å². The van der Waals surface area contributed by atoms with Gasteiger partial charge in [0, 0.05) is 11.5 Å². The molecule has 0 heterocycles. The molecule has 0 radical (unpaired) electrons. The summed E-state index contributed by atoms with van der Waals surface area (Å²) in [5.41, 5.74) is 5.87. The van der Waals surface area contributed by atoms with Gasteiger partial charge in [0.2, 0.25) is 0 Å². The number of phenols is 2. The van der Waals surface area contributed by atoms with E-state index in [9.17, 15) is 40.9 Å². The topological polar surface area (TPSA) is 262 Å². The number of aromatic carboxylic acids is 1. The summed E-state index contributed by atoms with van der Waals surface area (Å²) in [5.74, 6) is -2.31. The lowest BCUT2D eigenvalue weighted by Gasteiger charge is -2.13. The van der Waals surface area contributed by atoms with E-state index in [4.69, 9.17) is 10.8 Å². The van der Waals surface area contributed by atoms with Crippen molar-refractivity contribution in [3.8, 4) is 11.5 Å². The number of nitrogens with two attached hydrogens (primary N) is 1. The maximum Gasteiger partial charge on any atom is 0.335 e. The van der Waals surface area contributed by atoms with Gasteiger partial charge in [0.25, 0.3) is 20.2 Å². The highest BCUT2D eigenvalue weighted by Gasteiger charge is 2.26. The van der Waals surface area contributed by atoms with Crippen molar-refractivity contribution in [2.75, 3.05) is 5.73 Å². The standard InChI is InChI=1S/C24H19N5O10S2/c1-11-8-17(18(30)9-16(11)28-26-13-4-2-12(3-5-13)24(32)33)29-27-15-7-6-14-19(40(34,35)36)10-20(41(37,38)39)22(25)21(14)23(15)31/h2-10,30-31H,25H2,1H3,(H,32,33)(H,34,35,36)(H,37,38,39). The number of aromatic hydroxyl groups is 2. The summed E-state index contributed by atoms with van der Waals surface area (Å²) in [6.07, 6.45) is 0. The van der Waals surface area contributed by atoms with Crippen LogP contribution >= 0.6 is 0 Å². The Kier molecular flexibility index (Phi) is 7.46. The lowest BCUT2D eigenvalue weighted by Crippen LogP contribution is -2.08. The van der Waals surface area contributed by atoms with Crippen LogP contribution in [-0.4, -0.2) is 47.2 Å². The fourth-order valence-corrected chi connectivity index (χ4v) is 5.15. The third kappa shape index (κ3) is 5.97. The number of azo groups is 2. The van der Waals surface area contributed by atoms with Crippen LogP contribution < -0.4 is 5.73 Å². The van der Waals surface area contributed by atoms with E-state index in [2.05, 4.69) is 20.5 Å². The number of anilines is 1. The van der Waals surface area contributed by atoms with Crippen LogP contribution in [0.2, 0.25) is 0 Å². The first-order valence-corrected chi connectivity index (χ1v) is 14.0. The van der Waals surface area contributed by atoms with Crippen LogP contribution in [0.3, 0.4) is 0 Å². The summed E-state index contributed by atoms with van der Waals surface area (Å²) in [4.78, 5) is 8.95. The number of fused-ring (bicyclic) bond motifs is 1. The fraction of sp³-hybridized carbons (Fsp3) is 0.0417. The average Bonchev–Trinajstić information content (AvgIpc) is 2.87. The molecule has 0 fully saturated rings. The van der Waals surface area contributed by atoms with E-state index in [0.29, 0.717) is 17.3 Å². The van der Waals surface area contributed by atoms with Crippen molar-refractivity contribution in [2.24, 2.45) is 20.5 Å². The quantitative estimate of drug-likeness (QED) is 0.0914. The Hall–Kier alpha value is -4.97. The fourth-order valence-electron chi connectivity index (χ4n) is 3.71. The van der Waals surface area contributed by atoms with E-state index in [0.717, 1.165) is 12.1 Å². The van der Waals surface area contributed by atoms with Crippen LogP contribution in [0.1, 0.15) is 15.9 Å². The molecule has 0 spiro atoms. The molecule has 41 heavy (non-hydrogen) atoms. The zero-order valence-electron chi connectivity index (χ0n) is 20.7. The second kappa shape index (κ2) is 10.5. The summed E-state index contributed by atoms with van der Waals surface area (Å²) in [5, 5.41) is 45.0. The number of carboxylic acids is 1. The van der Waals surface area contributed by atoms with Gasteiger partial charge in [-0.05, 0) is 55.0 Å². The van der Waals surface area contributed by atoms with Gasteiger partial charge in [-0.25, -0.2) is 4.79 Å². The Labute approximate surface area is 231 Å². The van der Waals surface area contributed by atoms with Crippen LogP contribution in [0.25, 0.3) is 10.8 Å². The van der Waals surface area contributed by atoms with Crippen LogP contribution in [0.5, 0.6) is 11.5 Å². The van der Waals surface area contributed by atoms with Crippen LogP contribution in [0.15, 0.2) is 84.8 Å². The summed E-state index contributed by atoms with van der Waals surface area (Å²) in [7, 11) is -10.1. The van der Waals surface area contributed by atoms with Crippen molar-refractivity contribution in [2.45, 2.75) is 16.7 Å². The maximum atomic E-state index is 11.9. The molecule has 0 saturated heterocycles. The highest BCUT2D eigenvalue weighted by molar-refractivity contribution is 7.87. The normalized spacial score (nSPS) is 12.5. The van der Waals surface area contributed by atoms with E-state index < -0.39 is 58.6 Å². The highest BCUT2D eigenvalue weighted by atomic mass is 32.2. The average molecular weight is 602 g/mol. The first-order valence-electron chi connectivity index (χ1n) is 11.1. The zero-order valence-corrected chi connectivity index (χ0v) is 22.3. The number of phenolic OH excluding ortho intramolecular Hbond substituents is 2. The molecule has 0 aromatic heterocycles. The maximum absolute atomic E-state index is 11.9. The summed E-state index contributed by atoms with van der Waals surface area (Å²) in [6, 6.07) is 10.9. The number of aryl methyl sites for hydroxylation is 1. The summed E-state index contributed by atoms with van der Waals surface area (Å²) < 4.78 is 66.3. The third-order valence-electron chi connectivity index (χ3n) is 5.72. The molecule has 212 valence electrons. The Morgan fingerprint density at radius 1 is 0.756 bits per heavy atom. The molecule has 4 aromatic rings. The second-order valence-electron chi connectivity index (χ2n) is 8.47. The Bertz CT molecular complexity index is 2010. The molecule has 4 rings (SSSR count). The second-order valence-corrected chi connectivity index (χ2v) is 11.3. The van der Waals surface area contributed by atoms with Gasteiger partial charge < -0.3 is 21.1 Å². The van der Waals surface area contributed by atoms with Crippen molar-refractivity contribution < 1.29 is 46.1 Å². The predicted octanol–water partition coefficient (Wildman–Crippen LogP) is 5.16. The minimum atomic E-state index is -5.07. The number of hydrogen-bond acceptors (Lipinski definition) is 12. The van der Waals surface area contributed by atoms with Gasteiger partial charge in [0.15, 0.2) is 5.75 Å². The van der Waals surface area contributed by atoms with E-state index in [1.165, 1.54) is 36.4 Å².